The lowest BCUT2D eigenvalue weighted by atomic mass is 10.2. The molecule has 7 heteroatoms. The van der Waals surface area contributed by atoms with Crippen molar-refractivity contribution in [2.45, 2.75) is 0 Å². The van der Waals surface area contributed by atoms with E-state index in [-0.39, 0.29) is 10.0 Å². The molecule has 3 rings (SSSR count). The SMILES string of the molecule is Nc1ncccc1-c1cncn1-c1cc(Cl)c(F)c(Cl)c1. The number of nitrogen functional groups attached to an aromatic ring is 1. The number of aromatic nitrogens is 3. The number of pyridine rings is 1. The molecule has 1 aromatic carbocycles. The molecule has 0 aliphatic rings. The average Bonchev–Trinajstić information content (AvgIpc) is 2.94. The van der Waals surface area contributed by atoms with Gasteiger partial charge in [-0.2, -0.15) is 0 Å². The molecule has 0 spiro atoms. The van der Waals surface area contributed by atoms with Gasteiger partial charge in [-0.1, -0.05) is 23.2 Å². The second-order valence-corrected chi connectivity index (χ2v) is 5.12. The summed E-state index contributed by atoms with van der Waals surface area (Å²) in [6.07, 6.45) is 4.81. The lowest BCUT2D eigenvalue weighted by Gasteiger charge is -2.11. The van der Waals surface area contributed by atoms with Crippen LogP contribution in [0.4, 0.5) is 10.2 Å². The Labute approximate surface area is 130 Å². The smallest absolute Gasteiger partial charge is 0.160 e. The quantitative estimate of drug-likeness (QED) is 0.726. The van der Waals surface area contributed by atoms with Crippen LogP contribution in [-0.4, -0.2) is 14.5 Å². The molecule has 0 saturated carbocycles. The van der Waals surface area contributed by atoms with Crippen LogP contribution in [0.1, 0.15) is 0 Å². The van der Waals surface area contributed by atoms with Gasteiger partial charge in [-0.15, -0.1) is 0 Å². The molecule has 2 aromatic heterocycles. The normalized spacial score (nSPS) is 10.8. The fourth-order valence-corrected chi connectivity index (χ4v) is 2.49. The van der Waals surface area contributed by atoms with Crippen molar-refractivity contribution in [3.63, 3.8) is 0 Å². The summed E-state index contributed by atoms with van der Waals surface area (Å²) >= 11 is 11.7. The summed E-state index contributed by atoms with van der Waals surface area (Å²) in [4.78, 5) is 8.14. The maximum atomic E-state index is 13.5. The Balaban J connectivity index is 2.18. The third-order valence-electron chi connectivity index (χ3n) is 3.00. The molecule has 21 heavy (non-hydrogen) atoms. The predicted molar refractivity (Wildman–Crippen MR) is 81.2 cm³/mol. The Kier molecular flexibility index (Phi) is 3.53. The van der Waals surface area contributed by atoms with Gasteiger partial charge in [0.05, 0.1) is 34.0 Å². The maximum absolute atomic E-state index is 13.5. The molecule has 0 bridgehead atoms. The zero-order chi connectivity index (χ0) is 15.0. The second-order valence-electron chi connectivity index (χ2n) is 4.31. The van der Waals surface area contributed by atoms with E-state index in [0.717, 1.165) is 0 Å². The minimum atomic E-state index is -0.648. The van der Waals surface area contributed by atoms with Crippen LogP contribution in [-0.2, 0) is 0 Å². The number of imidazole rings is 1. The summed E-state index contributed by atoms with van der Waals surface area (Å²) in [5.41, 5.74) is 7.89. The van der Waals surface area contributed by atoms with Gasteiger partial charge in [-0.3, -0.25) is 4.57 Å². The lowest BCUT2D eigenvalue weighted by Crippen LogP contribution is -2.00. The van der Waals surface area contributed by atoms with E-state index in [9.17, 15) is 4.39 Å². The van der Waals surface area contributed by atoms with E-state index < -0.39 is 5.82 Å². The molecule has 0 saturated heterocycles. The van der Waals surface area contributed by atoms with Crippen LogP contribution in [0.25, 0.3) is 16.9 Å². The first kappa shape index (κ1) is 13.9. The van der Waals surface area contributed by atoms with Crippen molar-refractivity contribution in [2.75, 3.05) is 5.73 Å². The number of rotatable bonds is 2. The van der Waals surface area contributed by atoms with Crippen LogP contribution in [0.2, 0.25) is 10.0 Å². The topological polar surface area (TPSA) is 56.7 Å². The van der Waals surface area contributed by atoms with Gasteiger partial charge in [0.25, 0.3) is 0 Å². The van der Waals surface area contributed by atoms with Crippen molar-refractivity contribution >= 4 is 29.0 Å². The van der Waals surface area contributed by atoms with Gasteiger partial charge in [0.1, 0.15) is 5.82 Å². The van der Waals surface area contributed by atoms with Gasteiger partial charge in [-0.05, 0) is 24.3 Å². The second kappa shape index (κ2) is 5.35. The molecule has 0 aliphatic carbocycles. The standard InChI is InChI=1S/C14H9Cl2FN4/c15-10-4-8(5-11(16)13(10)17)21-7-19-6-12(21)9-2-1-3-20-14(9)18/h1-7H,(H2,18,20). The minimum absolute atomic E-state index is 0.0590. The van der Waals surface area contributed by atoms with Gasteiger partial charge in [-0.25, -0.2) is 14.4 Å². The summed E-state index contributed by atoms with van der Waals surface area (Å²) in [7, 11) is 0. The molecule has 0 amide bonds. The third-order valence-corrected chi connectivity index (χ3v) is 3.55. The highest BCUT2D eigenvalue weighted by Gasteiger charge is 2.13. The molecule has 0 aliphatic heterocycles. The van der Waals surface area contributed by atoms with Gasteiger partial charge in [0, 0.05) is 11.8 Å². The number of nitrogens with two attached hydrogens (primary N) is 1. The molecule has 0 unspecified atom stereocenters. The highest BCUT2D eigenvalue weighted by atomic mass is 35.5. The van der Waals surface area contributed by atoms with Gasteiger partial charge in [0.15, 0.2) is 5.82 Å². The molecular formula is C14H9Cl2FN4. The number of anilines is 1. The zero-order valence-electron chi connectivity index (χ0n) is 10.6. The molecule has 2 N–H and O–H groups in total. The van der Waals surface area contributed by atoms with Crippen LogP contribution in [0.5, 0.6) is 0 Å². The predicted octanol–water partition coefficient (Wildman–Crippen LogP) is 3.96. The van der Waals surface area contributed by atoms with Crippen molar-refractivity contribution in [3.8, 4) is 16.9 Å². The van der Waals surface area contributed by atoms with Crippen LogP contribution in [0, 0.1) is 5.82 Å². The van der Waals surface area contributed by atoms with Crippen LogP contribution < -0.4 is 5.73 Å². The Hall–Kier alpha value is -2.11. The third kappa shape index (κ3) is 2.46. The molecule has 3 aromatic rings. The molecule has 4 nitrogen and oxygen atoms in total. The Morgan fingerprint density at radius 2 is 1.90 bits per heavy atom. The van der Waals surface area contributed by atoms with E-state index in [0.29, 0.717) is 22.8 Å². The highest BCUT2D eigenvalue weighted by molar-refractivity contribution is 6.35. The highest BCUT2D eigenvalue weighted by Crippen LogP contribution is 2.30. The first-order chi connectivity index (χ1) is 10.1. The Bertz CT molecular complexity index is 793. The molecule has 0 atom stereocenters. The van der Waals surface area contributed by atoms with Crippen molar-refractivity contribution in [3.05, 3.63) is 58.8 Å². The van der Waals surface area contributed by atoms with Crippen molar-refractivity contribution in [1.29, 1.82) is 0 Å². The number of benzene rings is 1. The first-order valence-electron chi connectivity index (χ1n) is 5.96. The molecule has 2 heterocycles. The Morgan fingerprint density at radius 1 is 1.19 bits per heavy atom. The molecule has 0 radical (unpaired) electrons. The number of nitrogens with zero attached hydrogens (tertiary/aromatic N) is 3. The molecule has 0 fully saturated rings. The zero-order valence-corrected chi connectivity index (χ0v) is 12.1. The summed E-state index contributed by atoms with van der Waals surface area (Å²) in [6.45, 7) is 0. The van der Waals surface area contributed by atoms with E-state index in [1.807, 2.05) is 6.07 Å². The van der Waals surface area contributed by atoms with Crippen LogP contribution >= 0.6 is 23.2 Å². The van der Waals surface area contributed by atoms with E-state index in [2.05, 4.69) is 9.97 Å². The van der Waals surface area contributed by atoms with E-state index >= 15 is 0 Å². The number of hydrogen-bond donors (Lipinski definition) is 1. The largest absolute Gasteiger partial charge is 0.383 e. The fraction of sp³-hybridized carbons (Fsp3) is 0. The van der Waals surface area contributed by atoms with Gasteiger partial charge in [0.2, 0.25) is 0 Å². The number of halogens is 3. The van der Waals surface area contributed by atoms with Crippen molar-refractivity contribution in [2.24, 2.45) is 0 Å². The summed E-state index contributed by atoms with van der Waals surface area (Å²) < 4.78 is 15.2. The van der Waals surface area contributed by atoms with Gasteiger partial charge >= 0.3 is 0 Å². The summed E-state index contributed by atoms with van der Waals surface area (Å²) in [5.74, 6) is -0.275. The van der Waals surface area contributed by atoms with Crippen molar-refractivity contribution < 1.29 is 4.39 Å². The minimum Gasteiger partial charge on any atom is -0.383 e. The maximum Gasteiger partial charge on any atom is 0.160 e. The average molecular weight is 323 g/mol. The monoisotopic (exact) mass is 322 g/mol. The lowest BCUT2D eigenvalue weighted by molar-refractivity contribution is 0.628. The van der Waals surface area contributed by atoms with E-state index in [1.165, 1.54) is 12.1 Å². The van der Waals surface area contributed by atoms with E-state index in [4.69, 9.17) is 28.9 Å². The van der Waals surface area contributed by atoms with Crippen LogP contribution in [0.3, 0.4) is 0 Å². The fourth-order valence-electron chi connectivity index (χ4n) is 2.02. The summed E-state index contributed by atoms with van der Waals surface area (Å²) in [5, 5.41) is -0.118. The Morgan fingerprint density at radius 3 is 2.57 bits per heavy atom. The van der Waals surface area contributed by atoms with Crippen molar-refractivity contribution in [1.82, 2.24) is 14.5 Å². The molecular weight excluding hydrogens is 314 g/mol. The molecule has 106 valence electrons. The van der Waals surface area contributed by atoms with Crippen LogP contribution in [0.15, 0.2) is 43.0 Å². The summed E-state index contributed by atoms with van der Waals surface area (Å²) in [6, 6.07) is 6.54. The van der Waals surface area contributed by atoms with Gasteiger partial charge < -0.3 is 5.73 Å². The first-order valence-corrected chi connectivity index (χ1v) is 6.71. The number of hydrogen-bond acceptors (Lipinski definition) is 3. The van der Waals surface area contributed by atoms with E-state index in [1.54, 1.807) is 29.4 Å².